The number of halogens is 1. The predicted molar refractivity (Wildman–Crippen MR) is 84.7 cm³/mol. The number of benzene rings is 1. The highest BCUT2D eigenvalue weighted by atomic mass is 32.2. The molecule has 2 fully saturated rings. The molecule has 0 bridgehead atoms. The SMILES string of the molecule is CC1CC(NS(=O)(=O)c2cc3oc(=O)[nH]c3cc2F)CN1C1CC1. The maximum atomic E-state index is 14.2. The molecule has 2 N–H and O–H groups in total. The smallest absolute Gasteiger partial charge is 0.408 e. The first kappa shape index (κ1) is 15.8. The topological polar surface area (TPSA) is 95.4 Å². The minimum absolute atomic E-state index is 0.0150. The summed E-state index contributed by atoms with van der Waals surface area (Å²) < 4.78 is 46.7. The first-order valence-corrected chi connectivity index (χ1v) is 9.42. The van der Waals surface area contributed by atoms with Crippen LogP contribution in [-0.4, -0.2) is 43.0 Å². The van der Waals surface area contributed by atoms with Gasteiger partial charge in [0.05, 0.1) is 5.52 Å². The summed E-state index contributed by atoms with van der Waals surface area (Å²) in [6, 6.07) is 2.61. The van der Waals surface area contributed by atoms with Gasteiger partial charge in [0.2, 0.25) is 10.0 Å². The van der Waals surface area contributed by atoms with E-state index in [9.17, 15) is 17.6 Å². The van der Waals surface area contributed by atoms with E-state index in [1.54, 1.807) is 0 Å². The monoisotopic (exact) mass is 355 g/mol. The van der Waals surface area contributed by atoms with Crippen LogP contribution in [0.5, 0.6) is 0 Å². The summed E-state index contributed by atoms with van der Waals surface area (Å²) in [6.45, 7) is 2.71. The fourth-order valence-electron chi connectivity index (χ4n) is 3.50. The van der Waals surface area contributed by atoms with Gasteiger partial charge in [-0.1, -0.05) is 0 Å². The molecular formula is C15H18FN3O4S. The molecule has 2 aliphatic rings. The van der Waals surface area contributed by atoms with E-state index in [1.807, 2.05) is 0 Å². The van der Waals surface area contributed by atoms with Crippen molar-refractivity contribution in [2.24, 2.45) is 0 Å². The van der Waals surface area contributed by atoms with Crippen LogP contribution in [0.1, 0.15) is 26.2 Å². The Labute approximate surface area is 137 Å². The number of oxazole rings is 1. The molecule has 2 unspecified atom stereocenters. The van der Waals surface area contributed by atoms with Gasteiger partial charge in [0, 0.05) is 36.8 Å². The van der Waals surface area contributed by atoms with E-state index < -0.39 is 26.5 Å². The van der Waals surface area contributed by atoms with Crippen molar-refractivity contribution in [2.45, 2.75) is 49.2 Å². The Bertz CT molecular complexity index is 947. The highest BCUT2D eigenvalue weighted by molar-refractivity contribution is 7.89. The number of aromatic amines is 1. The van der Waals surface area contributed by atoms with Crippen LogP contribution in [-0.2, 0) is 10.0 Å². The molecule has 1 saturated carbocycles. The molecule has 9 heteroatoms. The van der Waals surface area contributed by atoms with Gasteiger partial charge in [0.25, 0.3) is 0 Å². The van der Waals surface area contributed by atoms with E-state index in [2.05, 4.69) is 21.5 Å². The zero-order valence-electron chi connectivity index (χ0n) is 13.1. The largest absolute Gasteiger partial charge is 0.417 e. The number of likely N-dealkylation sites (tertiary alicyclic amines) is 1. The lowest BCUT2D eigenvalue weighted by molar-refractivity contribution is 0.256. The second-order valence-electron chi connectivity index (χ2n) is 6.62. The van der Waals surface area contributed by atoms with Gasteiger partial charge in [0.1, 0.15) is 10.7 Å². The van der Waals surface area contributed by atoms with E-state index in [-0.39, 0.29) is 17.1 Å². The number of nitrogens with one attached hydrogen (secondary N) is 2. The van der Waals surface area contributed by atoms with Crippen molar-refractivity contribution >= 4 is 21.1 Å². The van der Waals surface area contributed by atoms with Crippen molar-refractivity contribution in [3.05, 3.63) is 28.5 Å². The number of hydrogen-bond acceptors (Lipinski definition) is 5. The number of sulfonamides is 1. The van der Waals surface area contributed by atoms with Crippen LogP contribution in [0.3, 0.4) is 0 Å². The van der Waals surface area contributed by atoms with Gasteiger partial charge >= 0.3 is 5.76 Å². The Balaban J connectivity index is 1.60. The minimum Gasteiger partial charge on any atom is -0.408 e. The van der Waals surface area contributed by atoms with Gasteiger partial charge in [-0.2, -0.15) is 0 Å². The number of H-pyrrole nitrogens is 1. The standard InChI is InChI=1S/C15H18FN3O4S/c1-8-4-9(7-19(8)10-2-3-10)18-24(21,22)14-6-13-12(5-11(14)16)17-15(20)23-13/h5-6,8-10,18H,2-4,7H2,1H3,(H,17,20). The molecule has 130 valence electrons. The van der Waals surface area contributed by atoms with Crippen molar-refractivity contribution in [2.75, 3.05) is 6.54 Å². The summed E-state index contributed by atoms with van der Waals surface area (Å²) in [5.74, 6) is -1.67. The molecule has 1 aromatic heterocycles. The van der Waals surface area contributed by atoms with Crippen LogP contribution >= 0.6 is 0 Å². The average molecular weight is 355 g/mol. The summed E-state index contributed by atoms with van der Waals surface area (Å²) >= 11 is 0. The molecule has 1 saturated heterocycles. The number of hydrogen-bond donors (Lipinski definition) is 2. The van der Waals surface area contributed by atoms with Crippen LogP contribution < -0.4 is 10.5 Å². The molecular weight excluding hydrogens is 337 g/mol. The van der Waals surface area contributed by atoms with Gasteiger partial charge in [-0.15, -0.1) is 0 Å². The maximum Gasteiger partial charge on any atom is 0.417 e. The van der Waals surface area contributed by atoms with Gasteiger partial charge < -0.3 is 4.42 Å². The van der Waals surface area contributed by atoms with E-state index in [0.29, 0.717) is 25.0 Å². The van der Waals surface area contributed by atoms with Crippen LogP contribution in [0.15, 0.2) is 26.2 Å². The molecule has 2 atom stereocenters. The highest BCUT2D eigenvalue weighted by Crippen LogP contribution is 2.33. The normalized spacial score (nSPS) is 25.6. The quantitative estimate of drug-likeness (QED) is 0.858. The van der Waals surface area contributed by atoms with Crippen LogP contribution in [0.2, 0.25) is 0 Å². The molecule has 7 nitrogen and oxygen atoms in total. The van der Waals surface area contributed by atoms with Gasteiger partial charge in [0.15, 0.2) is 5.58 Å². The summed E-state index contributed by atoms with van der Waals surface area (Å²) in [7, 11) is -4.04. The molecule has 2 aromatic rings. The predicted octanol–water partition coefficient (Wildman–Crippen LogP) is 1.16. The highest BCUT2D eigenvalue weighted by Gasteiger charge is 2.40. The molecule has 0 spiro atoms. The third-order valence-corrected chi connectivity index (χ3v) is 6.26. The van der Waals surface area contributed by atoms with Crippen LogP contribution in [0.4, 0.5) is 4.39 Å². The third kappa shape index (κ3) is 2.76. The summed E-state index contributed by atoms with van der Waals surface area (Å²) in [5, 5.41) is 0. The Hall–Kier alpha value is -1.71. The average Bonchev–Trinajstić information content (AvgIpc) is 3.16. The Kier molecular flexibility index (Phi) is 3.55. The summed E-state index contributed by atoms with van der Waals surface area (Å²) in [5.41, 5.74) is 0.145. The Morgan fingerprint density at radius 3 is 2.83 bits per heavy atom. The lowest BCUT2D eigenvalue weighted by Crippen LogP contribution is -2.38. The van der Waals surface area contributed by atoms with Gasteiger partial charge in [-0.25, -0.2) is 22.3 Å². The zero-order valence-corrected chi connectivity index (χ0v) is 13.9. The van der Waals surface area contributed by atoms with Crippen LogP contribution in [0, 0.1) is 5.82 Å². The third-order valence-electron chi connectivity index (χ3n) is 4.72. The second-order valence-corrected chi connectivity index (χ2v) is 8.31. The molecule has 0 radical (unpaired) electrons. The number of fused-ring (bicyclic) bond motifs is 1. The van der Waals surface area contributed by atoms with Crippen molar-refractivity contribution in [1.82, 2.24) is 14.6 Å². The van der Waals surface area contributed by atoms with Crippen molar-refractivity contribution in [3.8, 4) is 0 Å². The molecule has 1 aliphatic heterocycles. The Morgan fingerprint density at radius 2 is 2.12 bits per heavy atom. The molecule has 0 amide bonds. The zero-order chi connectivity index (χ0) is 17.1. The van der Waals surface area contributed by atoms with E-state index >= 15 is 0 Å². The Morgan fingerprint density at radius 1 is 1.38 bits per heavy atom. The fourth-order valence-corrected chi connectivity index (χ4v) is 4.81. The lowest BCUT2D eigenvalue weighted by Gasteiger charge is -2.19. The molecule has 24 heavy (non-hydrogen) atoms. The number of rotatable bonds is 4. The molecule has 1 aliphatic carbocycles. The first-order valence-electron chi connectivity index (χ1n) is 7.94. The summed E-state index contributed by atoms with van der Waals surface area (Å²) in [6.07, 6.45) is 3.00. The molecule has 1 aromatic carbocycles. The van der Waals surface area contributed by atoms with E-state index in [1.165, 1.54) is 0 Å². The van der Waals surface area contributed by atoms with Gasteiger partial charge in [-0.3, -0.25) is 9.88 Å². The van der Waals surface area contributed by atoms with E-state index in [0.717, 1.165) is 25.0 Å². The first-order chi connectivity index (χ1) is 11.3. The minimum atomic E-state index is -4.04. The van der Waals surface area contributed by atoms with Crippen LogP contribution in [0.25, 0.3) is 11.1 Å². The summed E-state index contributed by atoms with van der Waals surface area (Å²) in [4.78, 5) is 15.3. The second kappa shape index (κ2) is 5.40. The number of aromatic nitrogens is 1. The maximum absolute atomic E-state index is 14.2. The van der Waals surface area contributed by atoms with Crippen molar-refractivity contribution in [3.63, 3.8) is 0 Å². The number of nitrogens with zero attached hydrogens (tertiary/aromatic N) is 1. The fraction of sp³-hybridized carbons (Fsp3) is 0.533. The molecule has 4 rings (SSSR count). The van der Waals surface area contributed by atoms with Crippen molar-refractivity contribution in [1.29, 1.82) is 0 Å². The van der Waals surface area contributed by atoms with E-state index in [4.69, 9.17) is 4.42 Å². The molecule has 2 heterocycles. The van der Waals surface area contributed by atoms with Gasteiger partial charge in [-0.05, 0) is 26.2 Å². The lowest BCUT2D eigenvalue weighted by atomic mass is 10.2. The van der Waals surface area contributed by atoms with Crippen molar-refractivity contribution < 1.29 is 17.2 Å².